The highest BCUT2D eigenvalue weighted by atomic mass is 28.4. The molecular formula is C22H36O7Si. The Labute approximate surface area is 181 Å². The number of esters is 2. The molecule has 0 amide bonds. The minimum Gasteiger partial charge on any atom is -0.466 e. The first-order valence-electron chi connectivity index (χ1n) is 10.0. The van der Waals surface area contributed by atoms with Gasteiger partial charge in [0.2, 0.25) is 0 Å². The van der Waals surface area contributed by atoms with E-state index >= 15 is 0 Å². The Hall–Kier alpha value is -1.74. The van der Waals surface area contributed by atoms with Crippen molar-refractivity contribution in [2.24, 2.45) is 0 Å². The quantitative estimate of drug-likeness (QED) is 0.233. The van der Waals surface area contributed by atoms with Crippen LogP contribution in [-0.4, -0.2) is 58.6 Å². The van der Waals surface area contributed by atoms with Gasteiger partial charge in [0.1, 0.15) is 12.7 Å². The summed E-state index contributed by atoms with van der Waals surface area (Å²) in [4.78, 5) is 22.4. The Kier molecular flexibility index (Phi) is 9.68. The SMILES string of the molecule is COC(=O)/C=C/C(=O)OC/C=C/C=C/[C@H](O[Si](C)(C)C(C)(C)C)[C@H]1COC(C)(C)O1. The van der Waals surface area contributed by atoms with Crippen molar-refractivity contribution in [3.63, 3.8) is 0 Å². The predicted octanol–water partition coefficient (Wildman–Crippen LogP) is 3.91. The molecule has 0 aromatic carbocycles. The fourth-order valence-corrected chi connectivity index (χ4v) is 3.59. The molecule has 0 N–H and O–H groups in total. The van der Waals surface area contributed by atoms with Gasteiger partial charge >= 0.3 is 11.9 Å². The molecule has 0 bridgehead atoms. The minimum atomic E-state index is -2.02. The molecule has 2 atom stereocenters. The van der Waals surface area contributed by atoms with Crippen LogP contribution in [0, 0.1) is 0 Å². The average Bonchev–Trinajstić information content (AvgIpc) is 3.00. The lowest BCUT2D eigenvalue weighted by molar-refractivity contribution is -0.146. The molecule has 0 saturated carbocycles. The summed E-state index contributed by atoms with van der Waals surface area (Å²) in [5, 5.41) is 0.0653. The van der Waals surface area contributed by atoms with Crippen molar-refractivity contribution >= 4 is 20.3 Å². The summed E-state index contributed by atoms with van der Waals surface area (Å²) in [6.45, 7) is 15.3. The van der Waals surface area contributed by atoms with Gasteiger partial charge in [0.05, 0.1) is 19.8 Å². The Morgan fingerprint density at radius 2 is 1.80 bits per heavy atom. The lowest BCUT2D eigenvalue weighted by atomic mass is 10.2. The summed E-state index contributed by atoms with van der Waals surface area (Å²) < 4.78 is 27.7. The van der Waals surface area contributed by atoms with Gasteiger partial charge < -0.3 is 23.4 Å². The number of rotatable bonds is 9. The van der Waals surface area contributed by atoms with Crippen molar-refractivity contribution in [1.82, 2.24) is 0 Å². The van der Waals surface area contributed by atoms with E-state index in [-0.39, 0.29) is 23.9 Å². The van der Waals surface area contributed by atoms with E-state index in [0.29, 0.717) is 6.61 Å². The lowest BCUT2D eigenvalue weighted by Crippen LogP contribution is -2.47. The van der Waals surface area contributed by atoms with E-state index in [4.69, 9.17) is 18.6 Å². The molecule has 1 heterocycles. The maximum absolute atomic E-state index is 11.5. The van der Waals surface area contributed by atoms with Crippen LogP contribution in [0.1, 0.15) is 34.6 Å². The third-order valence-corrected chi connectivity index (χ3v) is 9.53. The second kappa shape index (κ2) is 11.0. The molecule has 0 aliphatic carbocycles. The summed E-state index contributed by atoms with van der Waals surface area (Å²) >= 11 is 0. The number of carbonyl (C=O) groups excluding carboxylic acids is 2. The van der Waals surface area contributed by atoms with E-state index in [1.54, 1.807) is 12.2 Å². The summed E-state index contributed by atoms with van der Waals surface area (Å²) in [5.41, 5.74) is 0. The van der Waals surface area contributed by atoms with Gasteiger partial charge in [-0.05, 0) is 38.1 Å². The maximum Gasteiger partial charge on any atom is 0.331 e. The van der Waals surface area contributed by atoms with E-state index in [1.807, 2.05) is 26.0 Å². The van der Waals surface area contributed by atoms with Gasteiger partial charge in [-0.15, -0.1) is 0 Å². The van der Waals surface area contributed by atoms with Gasteiger partial charge in [-0.1, -0.05) is 39.0 Å². The van der Waals surface area contributed by atoms with Crippen LogP contribution in [0.4, 0.5) is 0 Å². The molecule has 0 radical (unpaired) electrons. The first-order valence-corrected chi connectivity index (χ1v) is 12.9. The predicted molar refractivity (Wildman–Crippen MR) is 117 cm³/mol. The molecule has 1 aliphatic heterocycles. The number of allylic oxidation sites excluding steroid dienone is 2. The molecule has 0 aromatic rings. The number of methoxy groups -OCH3 is 1. The highest BCUT2D eigenvalue weighted by molar-refractivity contribution is 6.74. The van der Waals surface area contributed by atoms with Crippen LogP contribution in [-0.2, 0) is 33.0 Å². The Morgan fingerprint density at radius 3 is 2.33 bits per heavy atom. The van der Waals surface area contributed by atoms with E-state index in [9.17, 15) is 9.59 Å². The first kappa shape index (κ1) is 26.3. The molecule has 170 valence electrons. The summed E-state index contributed by atoms with van der Waals surface area (Å²) in [5.74, 6) is -1.86. The van der Waals surface area contributed by atoms with Crippen LogP contribution in [0.2, 0.25) is 18.1 Å². The van der Waals surface area contributed by atoms with Crippen LogP contribution in [0.5, 0.6) is 0 Å². The zero-order valence-electron chi connectivity index (χ0n) is 19.4. The molecule has 0 spiro atoms. The van der Waals surface area contributed by atoms with E-state index in [1.165, 1.54) is 7.11 Å². The molecule has 1 rings (SSSR count). The normalized spacial score (nSPS) is 20.9. The van der Waals surface area contributed by atoms with E-state index in [2.05, 4.69) is 38.6 Å². The summed E-state index contributed by atoms with van der Waals surface area (Å²) in [6.07, 6.45) is 8.87. The molecule has 30 heavy (non-hydrogen) atoms. The van der Waals surface area contributed by atoms with Crippen molar-refractivity contribution in [2.75, 3.05) is 20.3 Å². The lowest BCUT2D eigenvalue weighted by Gasteiger charge is -2.39. The monoisotopic (exact) mass is 440 g/mol. The van der Waals surface area contributed by atoms with Crippen LogP contribution in [0.25, 0.3) is 0 Å². The standard InChI is InChI=1S/C22H36O7Si/c1-21(2,3)30(7,8)29-17(18-16-27-22(4,5)28-18)12-10-9-11-15-26-20(24)14-13-19(23)25-6/h9-14,17-18H,15-16H2,1-8H3/b11-9+,12-10+,14-13+/t17-,18+/m0/s1. The third-order valence-electron chi connectivity index (χ3n) is 5.06. The van der Waals surface area contributed by atoms with Crippen molar-refractivity contribution in [1.29, 1.82) is 0 Å². The highest BCUT2D eigenvalue weighted by Crippen LogP contribution is 2.39. The second-order valence-corrected chi connectivity index (χ2v) is 13.8. The van der Waals surface area contributed by atoms with Gasteiger partial charge in [-0.25, -0.2) is 9.59 Å². The van der Waals surface area contributed by atoms with Gasteiger partial charge in [0.15, 0.2) is 14.1 Å². The number of carbonyl (C=O) groups is 2. The molecule has 0 aromatic heterocycles. The van der Waals surface area contributed by atoms with Crippen LogP contribution >= 0.6 is 0 Å². The molecule has 7 nitrogen and oxygen atoms in total. The smallest absolute Gasteiger partial charge is 0.331 e. The molecule has 1 fully saturated rings. The average molecular weight is 441 g/mol. The van der Waals surface area contributed by atoms with Gasteiger partial charge in [-0.2, -0.15) is 0 Å². The van der Waals surface area contributed by atoms with Crippen LogP contribution in [0.15, 0.2) is 36.5 Å². The Morgan fingerprint density at radius 1 is 1.17 bits per heavy atom. The fourth-order valence-electron chi connectivity index (χ4n) is 2.32. The number of ether oxygens (including phenoxy) is 4. The molecule has 1 aliphatic rings. The summed E-state index contributed by atoms with van der Waals surface area (Å²) in [6, 6.07) is 0. The molecule has 1 saturated heterocycles. The maximum atomic E-state index is 11.5. The summed E-state index contributed by atoms with van der Waals surface area (Å²) in [7, 11) is -0.784. The largest absolute Gasteiger partial charge is 0.466 e. The van der Waals surface area contributed by atoms with Crippen LogP contribution < -0.4 is 0 Å². The second-order valence-electron chi connectivity index (χ2n) is 9.01. The number of hydrogen-bond donors (Lipinski definition) is 0. The highest BCUT2D eigenvalue weighted by Gasteiger charge is 2.43. The zero-order valence-corrected chi connectivity index (χ0v) is 20.4. The van der Waals surface area contributed by atoms with E-state index in [0.717, 1.165) is 12.2 Å². The van der Waals surface area contributed by atoms with Crippen molar-refractivity contribution in [2.45, 2.75) is 70.7 Å². The zero-order chi connectivity index (χ0) is 23.0. The van der Waals surface area contributed by atoms with Gasteiger partial charge in [0, 0.05) is 12.2 Å². The van der Waals surface area contributed by atoms with Crippen molar-refractivity contribution in [3.05, 3.63) is 36.5 Å². The third kappa shape index (κ3) is 8.95. The molecule has 0 unspecified atom stereocenters. The van der Waals surface area contributed by atoms with Gasteiger partial charge in [0.25, 0.3) is 0 Å². The topological polar surface area (TPSA) is 80.3 Å². The van der Waals surface area contributed by atoms with Gasteiger partial charge in [-0.3, -0.25) is 0 Å². The van der Waals surface area contributed by atoms with Crippen molar-refractivity contribution in [3.8, 4) is 0 Å². The Bertz CT molecular complexity index is 671. The molecule has 8 heteroatoms. The van der Waals surface area contributed by atoms with E-state index < -0.39 is 26.0 Å². The number of hydrogen-bond acceptors (Lipinski definition) is 7. The molecular weight excluding hydrogens is 404 g/mol. The Balaban J connectivity index is 2.69. The van der Waals surface area contributed by atoms with Crippen molar-refractivity contribution < 1.29 is 33.0 Å². The first-order chi connectivity index (χ1) is 13.8. The fraction of sp³-hybridized carbons (Fsp3) is 0.636. The van der Waals surface area contributed by atoms with Crippen LogP contribution in [0.3, 0.4) is 0 Å². The minimum absolute atomic E-state index is 0.0653.